The smallest absolute Gasteiger partial charge is 0.251 e. The van der Waals surface area contributed by atoms with Crippen LogP contribution in [0, 0.1) is 6.92 Å². The third kappa shape index (κ3) is 10.9. The number of benzene rings is 3. The van der Waals surface area contributed by atoms with Crippen molar-refractivity contribution in [2.75, 3.05) is 6.54 Å². The summed E-state index contributed by atoms with van der Waals surface area (Å²) in [5, 5.41) is 8.65. The van der Waals surface area contributed by atoms with Crippen molar-refractivity contribution in [2.24, 2.45) is 0 Å². The van der Waals surface area contributed by atoms with Crippen LogP contribution in [-0.2, 0) is 11.3 Å². The molecule has 0 aliphatic carbocycles. The summed E-state index contributed by atoms with van der Waals surface area (Å²) in [4.78, 5) is 23.0. The molecule has 1 amide bonds. The molecule has 0 fully saturated rings. The number of ketones is 1. The third-order valence-corrected chi connectivity index (χ3v) is 4.78. The predicted molar refractivity (Wildman–Crippen MR) is 141 cm³/mol. The molecule has 3 aromatic rings. The summed E-state index contributed by atoms with van der Waals surface area (Å²) in [6.45, 7) is 15.1. The Kier molecular flexibility index (Phi) is 12.1. The van der Waals surface area contributed by atoms with Gasteiger partial charge in [-0.2, -0.15) is 0 Å². The van der Waals surface area contributed by atoms with Crippen molar-refractivity contribution in [3.8, 4) is 0 Å². The minimum atomic E-state index is -0.206. The molecule has 0 bridgehead atoms. The Balaban J connectivity index is 0.000000349. The Morgan fingerprint density at radius 1 is 0.848 bits per heavy atom. The van der Waals surface area contributed by atoms with Gasteiger partial charge in [-0.05, 0) is 56.2 Å². The van der Waals surface area contributed by atoms with E-state index in [4.69, 9.17) is 0 Å². The van der Waals surface area contributed by atoms with Crippen LogP contribution < -0.4 is 10.6 Å². The van der Waals surface area contributed by atoms with Crippen LogP contribution in [0.5, 0.6) is 0 Å². The number of aryl methyl sites for hydroxylation is 1. The van der Waals surface area contributed by atoms with Gasteiger partial charge >= 0.3 is 0 Å². The summed E-state index contributed by atoms with van der Waals surface area (Å²) in [7, 11) is 0. The predicted octanol–water partition coefficient (Wildman–Crippen LogP) is 6.46. The zero-order valence-corrected chi connectivity index (χ0v) is 21.3. The summed E-state index contributed by atoms with van der Waals surface area (Å²) >= 11 is 0. The second-order valence-corrected chi connectivity index (χ2v) is 8.73. The molecule has 4 nitrogen and oxygen atoms in total. The van der Waals surface area contributed by atoms with Gasteiger partial charge in [-0.3, -0.25) is 9.59 Å². The number of nitrogens with one attached hydrogen (secondary N) is 2. The van der Waals surface area contributed by atoms with Crippen molar-refractivity contribution in [3.63, 3.8) is 0 Å². The average molecular weight is 449 g/mol. The molecule has 0 spiro atoms. The van der Waals surface area contributed by atoms with E-state index < -0.39 is 0 Å². The average Bonchev–Trinajstić information content (AvgIpc) is 2.82. The van der Waals surface area contributed by atoms with Gasteiger partial charge in [0.1, 0.15) is 0 Å². The highest BCUT2D eigenvalue weighted by molar-refractivity contribution is 5.96. The van der Waals surface area contributed by atoms with E-state index in [0.717, 1.165) is 12.1 Å². The number of amides is 1. The van der Waals surface area contributed by atoms with E-state index in [1.165, 1.54) is 16.3 Å². The number of Topliss-reactive ketones (excluding diaryl/α,β-unsaturated/α-hetero) is 1. The summed E-state index contributed by atoms with van der Waals surface area (Å²) < 4.78 is 0. The molecule has 178 valence electrons. The molecular formula is C29H40N2O2. The van der Waals surface area contributed by atoms with Gasteiger partial charge in [0.25, 0.3) is 5.91 Å². The fraction of sp³-hybridized carbons (Fsp3) is 0.379. The number of carbonyl (C=O) groups excluding carboxylic acids is 2. The van der Waals surface area contributed by atoms with E-state index in [0.29, 0.717) is 12.0 Å². The quantitative estimate of drug-likeness (QED) is 0.455. The topological polar surface area (TPSA) is 58.2 Å². The van der Waals surface area contributed by atoms with E-state index in [2.05, 4.69) is 80.8 Å². The fourth-order valence-corrected chi connectivity index (χ4v) is 2.86. The van der Waals surface area contributed by atoms with Gasteiger partial charge in [0, 0.05) is 24.1 Å². The molecule has 33 heavy (non-hydrogen) atoms. The standard InChI is InChI=1S/C16H24N2O2.C11H10.C2H6/c1-5-14(19)11-17-15(20)13-8-6-12(7-9-13)10-18-16(2,3)4;1-9-6-7-10-4-2-3-5-11(10)8-9;1-2/h6-9,18H,5,10-11H2,1-4H3,(H,17,20);2-8H,1H3;1-2H3. The highest BCUT2D eigenvalue weighted by atomic mass is 16.2. The summed E-state index contributed by atoms with van der Waals surface area (Å²) in [6, 6.07) is 22.3. The van der Waals surface area contributed by atoms with Crippen LogP contribution in [0.25, 0.3) is 10.8 Å². The van der Waals surface area contributed by atoms with Gasteiger partial charge in [-0.15, -0.1) is 0 Å². The summed E-state index contributed by atoms with van der Waals surface area (Å²) in [5.74, 6) is -0.175. The molecule has 0 aliphatic heterocycles. The Hall–Kier alpha value is -2.98. The van der Waals surface area contributed by atoms with E-state index in [1.54, 1.807) is 19.1 Å². The van der Waals surface area contributed by atoms with Crippen molar-refractivity contribution in [1.29, 1.82) is 0 Å². The normalized spacial score (nSPS) is 10.4. The van der Waals surface area contributed by atoms with Crippen LogP contribution in [0.2, 0.25) is 0 Å². The van der Waals surface area contributed by atoms with Crippen molar-refractivity contribution >= 4 is 22.5 Å². The SMILES string of the molecule is CC.CCC(=O)CNC(=O)c1ccc(CNC(C)(C)C)cc1.Cc1ccc2ccccc2c1. The van der Waals surface area contributed by atoms with Crippen LogP contribution in [0.4, 0.5) is 0 Å². The lowest BCUT2D eigenvalue weighted by Gasteiger charge is -2.20. The first-order valence-electron chi connectivity index (χ1n) is 11.8. The van der Waals surface area contributed by atoms with Gasteiger partial charge in [0.15, 0.2) is 5.78 Å². The van der Waals surface area contributed by atoms with Gasteiger partial charge in [0.2, 0.25) is 0 Å². The molecule has 3 rings (SSSR count). The van der Waals surface area contributed by atoms with Crippen LogP contribution in [0.3, 0.4) is 0 Å². The molecule has 3 aromatic carbocycles. The highest BCUT2D eigenvalue weighted by Crippen LogP contribution is 2.14. The molecule has 0 unspecified atom stereocenters. The second kappa shape index (κ2) is 14.2. The second-order valence-electron chi connectivity index (χ2n) is 8.73. The maximum Gasteiger partial charge on any atom is 0.251 e. The van der Waals surface area contributed by atoms with E-state index in [1.807, 2.05) is 26.0 Å². The first-order valence-corrected chi connectivity index (χ1v) is 11.8. The number of rotatable bonds is 6. The maximum atomic E-state index is 11.8. The molecule has 0 saturated heterocycles. The molecule has 0 saturated carbocycles. The fourth-order valence-electron chi connectivity index (χ4n) is 2.86. The molecule has 0 atom stereocenters. The monoisotopic (exact) mass is 448 g/mol. The van der Waals surface area contributed by atoms with Crippen LogP contribution in [0.1, 0.15) is 69.4 Å². The Labute approximate surface area is 199 Å². The van der Waals surface area contributed by atoms with Crippen LogP contribution in [0.15, 0.2) is 66.7 Å². The number of hydrogen-bond donors (Lipinski definition) is 2. The molecule has 2 N–H and O–H groups in total. The van der Waals surface area contributed by atoms with Crippen LogP contribution >= 0.6 is 0 Å². The summed E-state index contributed by atoms with van der Waals surface area (Å²) in [5.41, 5.74) is 3.09. The first-order chi connectivity index (χ1) is 15.7. The molecule has 0 heterocycles. The van der Waals surface area contributed by atoms with Crippen molar-refractivity contribution in [1.82, 2.24) is 10.6 Å². The Morgan fingerprint density at radius 3 is 2.03 bits per heavy atom. The molecule has 4 heteroatoms. The largest absolute Gasteiger partial charge is 0.345 e. The van der Waals surface area contributed by atoms with E-state index >= 15 is 0 Å². The zero-order valence-electron chi connectivity index (χ0n) is 21.3. The van der Waals surface area contributed by atoms with Crippen LogP contribution in [-0.4, -0.2) is 23.8 Å². The van der Waals surface area contributed by atoms with Gasteiger partial charge in [0.05, 0.1) is 6.54 Å². The Bertz CT molecular complexity index is 1000. The highest BCUT2D eigenvalue weighted by Gasteiger charge is 2.10. The molecule has 0 aromatic heterocycles. The third-order valence-electron chi connectivity index (χ3n) is 4.78. The van der Waals surface area contributed by atoms with Gasteiger partial charge < -0.3 is 10.6 Å². The minimum absolute atomic E-state index is 0.0318. The Morgan fingerprint density at radius 2 is 1.45 bits per heavy atom. The molecular weight excluding hydrogens is 408 g/mol. The minimum Gasteiger partial charge on any atom is -0.345 e. The zero-order chi connectivity index (χ0) is 24.9. The summed E-state index contributed by atoms with van der Waals surface area (Å²) in [6.07, 6.45) is 0.442. The number of hydrogen-bond acceptors (Lipinski definition) is 3. The molecule has 0 radical (unpaired) electrons. The first kappa shape index (κ1) is 28.1. The number of carbonyl (C=O) groups is 2. The lowest BCUT2D eigenvalue weighted by Crippen LogP contribution is -2.35. The van der Waals surface area contributed by atoms with Crippen molar-refractivity contribution in [3.05, 3.63) is 83.4 Å². The van der Waals surface area contributed by atoms with E-state index in [-0.39, 0.29) is 23.8 Å². The lowest BCUT2D eigenvalue weighted by atomic mass is 10.1. The van der Waals surface area contributed by atoms with Gasteiger partial charge in [-0.1, -0.05) is 80.9 Å². The molecule has 0 aliphatic rings. The van der Waals surface area contributed by atoms with E-state index in [9.17, 15) is 9.59 Å². The maximum absolute atomic E-state index is 11.8. The lowest BCUT2D eigenvalue weighted by molar-refractivity contribution is -0.117. The number of fused-ring (bicyclic) bond motifs is 1. The van der Waals surface area contributed by atoms with Gasteiger partial charge in [-0.25, -0.2) is 0 Å². The van der Waals surface area contributed by atoms with Crippen molar-refractivity contribution < 1.29 is 9.59 Å². The van der Waals surface area contributed by atoms with Crippen molar-refractivity contribution in [2.45, 2.75) is 67.0 Å².